The monoisotopic (exact) mass is 516 g/mol. The van der Waals surface area contributed by atoms with Crippen LogP contribution in [0.1, 0.15) is 30.5 Å². The average Bonchev–Trinajstić information content (AvgIpc) is 2.67. The molecule has 2 aromatic carbocycles. The molecule has 0 bridgehead atoms. The normalized spacial score (nSPS) is 16.5. The number of nitrogens with one attached hydrogen (secondary N) is 2. The van der Waals surface area contributed by atoms with Gasteiger partial charge in [0, 0.05) is 18.5 Å². The zero-order valence-electron chi connectivity index (χ0n) is 15.6. The quantitative estimate of drug-likeness (QED) is 0.311. The van der Waals surface area contributed by atoms with Crippen molar-refractivity contribution < 1.29 is 13.2 Å². The third kappa shape index (κ3) is 5.58. The van der Waals surface area contributed by atoms with Crippen molar-refractivity contribution in [3.8, 4) is 5.75 Å². The standard InChI is InChI=1S/C19H24N4O3S.HI/c1-2-22-27(24,25)15-9-7-14(8-10-15)13-21-19(20)23-17-11-12-26-18-6-4-3-5-16(17)18;/h3-10,17,22H,2,11-13H2,1H3,(H3,20,21,23);1H. The molecule has 1 atom stereocenters. The number of halogens is 1. The molecule has 2 aromatic rings. The lowest BCUT2D eigenvalue weighted by Gasteiger charge is -2.26. The number of para-hydroxylation sites is 1. The number of sulfonamides is 1. The first kappa shape index (κ1) is 22.4. The second-order valence-corrected chi connectivity index (χ2v) is 7.99. The van der Waals surface area contributed by atoms with Crippen LogP contribution in [0.15, 0.2) is 58.4 Å². The van der Waals surface area contributed by atoms with Crippen molar-refractivity contribution in [2.24, 2.45) is 10.7 Å². The van der Waals surface area contributed by atoms with E-state index in [1.165, 1.54) is 0 Å². The topological polar surface area (TPSA) is 106 Å². The summed E-state index contributed by atoms with van der Waals surface area (Å²) in [5.41, 5.74) is 7.99. The largest absolute Gasteiger partial charge is 0.493 e. The van der Waals surface area contributed by atoms with Crippen LogP contribution in [0.5, 0.6) is 5.75 Å². The van der Waals surface area contributed by atoms with Gasteiger partial charge in [0.1, 0.15) is 5.75 Å². The summed E-state index contributed by atoms with van der Waals surface area (Å²) in [5, 5.41) is 3.24. The predicted molar refractivity (Wildman–Crippen MR) is 120 cm³/mol. The second-order valence-electron chi connectivity index (χ2n) is 6.22. The van der Waals surface area contributed by atoms with Gasteiger partial charge in [0.25, 0.3) is 0 Å². The Morgan fingerprint density at radius 1 is 1.21 bits per heavy atom. The van der Waals surface area contributed by atoms with Gasteiger partial charge < -0.3 is 15.8 Å². The van der Waals surface area contributed by atoms with Gasteiger partial charge in [-0.1, -0.05) is 37.3 Å². The van der Waals surface area contributed by atoms with Gasteiger partial charge >= 0.3 is 0 Å². The maximum atomic E-state index is 12.0. The van der Waals surface area contributed by atoms with Crippen molar-refractivity contribution >= 4 is 40.0 Å². The van der Waals surface area contributed by atoms with Gasteiger partial charge in [0.2, 0.25) is 10.0 Å². The molecule has 0 aromatic heterocycles. The van der Waals surface area contributed by atoms with Crippen molar-refractivity contribution in [2.45, 2.75) is 30.8 Å². The van der Waals surface area contributed by atoms with Crippen molar-refractivity contribution in [1.82, 2.24) is 10.0 Å². The fraction of sp³-hybridized carbons (Fsp3) is 0.316. The Kier molecular flexibility index (Phi) is 8.08. The van der Waals surface area contributed by atoms with Crippen LogP contribution in [0.4, 0.5) is 0 Å². The maximum Gasteiger partial charge on any atom is 0.240 e. The molecule has 7 nitrogen and oxygen atoms in total. The first-order valence-corrected chi connectivity index (χ1v) is 10.3. The summed E-state index contributed by atoms with van der Waals surface area (Å²) in [6.45, 7) is 3.09. The fourth-order valence-electron chi connectivity index (χ4n) is 2.94. The lowest BCUT2D eigenvalue weighted by molar-refractivity contribution is 0.262. The van der Waals surface area contributed by atoms with E-state index in [0.29, 0.717) is 25.7 Å². The molecule has 9 heteroatoms. The van der Waals surface area contributed by atoms with Gasteiger partial charge in [-0.2, -0.15) is 0 Å². The summed E-state index contributed by atoms with van der Waals surface area (Å²) in [6.07, 6.45) is 0.810. The molecule has 0 saturated carbocycles. The Bertz CT molecular complexity index is 917. The molecule has 0 spiro atoms. The molecule has 0 aliphatic carbocycles. The Labute approximate surface area is 182 Å². The molecule has 1 aliphatic heterocycles. The Balaban J connectivity index is 0.00000280. The predicted octanol–water partition coefficient (Wildman–Crippen LogP) is 2.53. The van der Waals surface area contributed by atoms with Crippen molar-refractivity contribution in [3.63, 3.8) is 0 Å². The number of hydrogen-bond donors (Lipinski definition) is 3. The maximum absolute atomic E-state index is 12.0. The highest BCUT2D eigenvalue weighted by Crippen LogP contribution is 2.31. The number of hydrogen-bond acceptors (Lipinski definition) is 4. The molecule has 152 valence electrons. The number of benzene rings is 2. The van der Waals surface area contributed by atoms with Crippen LogP contribution in [-0.4, -0.2) is 27.5 Å². The SMILES string of the molecule is CCNS(=O)(=O)c1ccc(CN=C(N)NC2CCOc3ccccc32)cc1.I. The van der Waals surface area contributed by atoms with Crippen LogP contribution in [0.2, 0.25) is 0 Å². The highest BCUT2D eigenvalue weighted by molar-refractivity contribution is 14.0. The third-order valence-corrected chi connectivity index (χ3v) is 5.84. The molecule has 0 saturated heterocycles. The minimum atomic E-state index is -3.44. The average molecular weight is 516 g/mol. The molecule has 28 heavy (non-hydrogen) atoms. The molecule has 3 rings (SSSR count). The van der Waals surface area contributed by atoms with E-state index in [2.05, 4.69) is 15.0 Å². The van der Waals surface area contributed by atoms with Gasteiger partial charge in [-0.15, -0.1) is 24.0 Å². The highest BCUT2D eigenvalue weighted by atomic mass is 127. The van der Waals surface area contributed by atoms with Crippen LogP contribution >= 0.6 is 24.0 Å². The van der Waals surface area contributed by atoms with Gasteiger partial charge in [-0.3, -0.25) is 0 Å². The van der Waals surface area contributed by atoms with E-state index in [4.69, 9.17) is 10.5 Å². The minimum Gasteiger partial charge on any atom is -0.493 e. The summed E-state index contributed by atoms with van der Waals surface area (Å²) in [4.78, 5) is 4.60. The van der Waals surface area contributed by atoms with E-state index in [1.54, 1.807) is 31.2 Å². The highest BCUT2D eigenvalue weighted by Gasteiger charge is 2.21. The van der Waals surface area contributed by atoms with Crippen molar-refractivity contribution in [3.05, 3.63) is 59.7 Å². The molecule has 4 N–H and O–H groups in total. The van der Waals surface area contributed by atoms with Crippen LogP contribution in [0.25, 0.3) is 0 Å². The number of rotatable bonds is 6. The summed E-state index contributed by atoms with van der Waals surface area (Å²) in [5.74, 6) is 1.22. The summed E-state index contributed by atoms with van der Waals surface area (Å²) in [6, 6.07) is 14.6. The number of aliphatic imine (C=N–C) groups is 1. The summed E-state index contributed by atoms with van der Waals surface area (Å²) >= 11 is 0. The molecule has 0 fully saturated rings. The van der Waals surface area contributed by atoms with Crippen molar-refractivity contribution in [1.29, 1.82) is 0 Å². The molecule has 1 heterocycles. The molecule has 0 amide bonds. The summed E-state index contributed by atoms with van der Waals surface area (Å²) in [7, 11) is -3.44. The van der Waals surface area contributed by atoms with Crippen LogP contribution in [-0.2, 0) is 16.6 Å². The zero-order valence-corrected chi connectivity index (χ0v) is 18.7. The third-order valence-electron chi connectivity index (χ3n) is 4.28. The van der Waals surface area contributed by atoms with E-state index in [0.717, 1.165) is 23.3 Å². The molecular weight excluding hydrogens is 491 g/mol. The van der Waals surface area contributed by atoms with E-state index in [9.17, 15) is 8.42 Å². The first-order valence-electron chi connectivity index (χ1n) is 8.86. The Morgan fingerprint density at radius 3 is 2.64 bits per heavy atom. The smallest absolute Gasteiger partial charge is 0.240 e. The van der Waals surface area contributed by atoms with Crippen LogP contribution < -0.4 is 20.5 Å². The first-order chi connectivity index (χ1) is 13.0. The Morgan fingerprint density at radius 2 is 1.93 bits per heavy atom. The summed E-state index contributed by atoms with van der Waals surface area (Å²) < 4.78 is 32.0. The minimum absolute atomic E-state index is 0. The van der Waals surface area contributed by atoms with Crippen LogP contribution in [0.3, 0.4) is 0 Å². The number of fused-ring (bicyclic) bond motifs is 1. The molecule has 1 aliphatic rings. The number of guanidine groups is 1. The van der Waals surface area contributed by atoms with Crippen LogP contribution in [0, 0.1) is 0 Å². The number of nitrogens with zero attached hydrogens (tertiary/aromatic N) is 1. The number of ether oxygens (including phenoxy) is 1. The van der Waals surface area contributed by atoms with E-state index < -0.39 is 10.0 Å². The molecule has 1 unspecified atom stereocenters. The zero-order chi connectivity index (χ0) is 19.3. The Hall–Kier alpha value is -1.85. The van der Waals surface area contributed by atoms with E-state index in [1.807, 2.05) is 24.3 Å². The van der Waals surface area contributed by atoms with Gasteiger partial charge in [0.15, 0.2) is 5.96 Å². The van der Waals surface area contributed by atoms with E-state index >= 15 is 0 Å². The second kappa shape index (κ2) is 10.1. The number of nitrogens with two attached hydrogens (primary N) is 1. The lowest BCUT2D eigenvalue weighted by Crippen LogP contribution is -2.37. The van der Waals surface area contributed by atoms with E-state index in [-0.39, 0.29) is 34.9 Å². The molecule has 0 radical (unpaired) electrons. The van der Waals surface area contributed by atoms with Gasteiger partial charge in [0.05, 0.1) is 24.1 Å². The van der Waals surface area contributed by atoms with Gasteiger partial charge in [-0.25, -0.2) is 18.1 Å². The fourth-order valence-corrected chi connectivity index (χ4v) is 3.98. The lowest BCUT2D eigenvalue weighted by atomic mass is 10.0. The van der Waals surface area contributed by atoms with Crippen molar-refractivity contribution in [2.75, 3.05) is 13.2 Å². The molecular formula is C19H25IN4O3S. The van der Waals surface area contributed by atoms with Gasteiger partial charge in [-0.05, 0) is 23.8 Å².